The van der Waals surface area contributed by atoms with Gasteiger partial charge in [-0.3, -0.25) is 9.79 Å². The zero-order valence-corrected chi connectivity index (χ0v) is 19.1. The van der Waals surface area contributed by atoms with Crippen LogP contribution in [-0.4, -0.2) is 38.1 Å². The van der Waals surface area contributed by atoms with Gasteiger partial charge in [-0.25, -0.2) is 13.2 Å². The van der Waals surface area contributed by atoms with E-state index in [2.05, 4.69) is 20.9 Å². The summed E-state index contributed by atoms with van der Waals surface area (Å²) in [5.74, 6) is -3.98. The van der Waals surface area contributed by atoms with Gasteiger partial charge in [-0.15, -0.1) is 24.0 Å². The monoisotopic (exact) mass is 536 g/mol. The molecule has 0 fully saturated rings. The fraction of sp³-hybridized carbons (Fsp3) is 0.300. The third-order valence-corrected chi connectivity index (χ3v) is 3.93. The second-order valence-electron chi connectivity index (χ2n) is 6.27. The number of nitrogens with zero attached hydrogens (tertiary/aromatic N) is 1. The quantitative estimate of drug-likeness (QED) is 0.219. The Morgan fingerprint density at radius 2 is 1.80 bits per heavy atom. The van der Waals surface area contributed by atoms with Crippen molar-refractivity contribution in [3.05, 3.63) is 59.4 Å². The Morgan fingerprint density at radius 1 is 1.10 bits per heavy atom. The molecule has 0 aromatic heterocycles. The van der Waals surface area contributed by atoms with E-state index >= 15 is 0 Å². The highest BCUT2D eigenvalue weighted by molar-refractivity contribution is 14.0. The predicted octanol–water partition coefficient (Wildman–Crippen LogP) is 3.60. The highest BCUT2D eigenvalue weighted by atomic mass is 127. The normalized spacial score (nSPS) is 11.9. The van der Waals surface area contributed by atoms with Gasteiger partial charge in [-0.05, 0) is 37.6 Å². The number of aryl methyl sites for hydroxylation is 1. The lowest BCUT2D eigenvalue weighted by molar-refractivity contribution is -0.115. The Morgan fingerprint density at radius 3 is 2.47 bits per heavy atom. The van der Waals surface area contributed by atoms with Gasteiger partial charge in [0.1, 0.15) is 11.9 Å². The Kier molecular flexibility index (Phi) is 10.4. The van der Waals surface area contributed by atoms with Crippen LogP contribution in [0.4, 0.5) is 18.9 Å². The van der Waals surface area contributed by atoms with Crippen LogP contribution in [0.25, 0.3) is 0 Å². The van der Waals surface area contributed by atoms with Crippen LogP contribution >= 0.6 is 24.0 Å². The van der Waals surface area contributed by atoms with E-state index in [9.17, 15) is 18.0 Å². The number of halogens is 4. The lowest BCUT2D eigenvalue weighted by Crippen LogP contribution is -2.44. The zero-order chi connectivity index (χ0) is 21.4. The molecule has 6 nitrogen and oxygen atoms in total. The van der Waals surface area contributed by atoms with Crippen molar-refractivity contribution in [2.75, 3.05) is 25.5 Å². The minimum atomic E-state index is -1.64. The molecule has 0 aliphatic heterocycles. The molecule has 2 rings (SSSR count). The maximum absolute atomic E-state index is 13.6. The highest BCUT2D eigenvalue weighted by Gasteiger charge is 2.15. The summed E-state index contributed by atoms with van der Waals surface area (Å²) < 4.78 is 45.6. The first-order valence-corrected chi connectivity index (χ1v) is 8.92. The zero-order valence-electron chi connectivity index (χ0n) is 16.8. The molecule has 0 saturated heterocycles. The van der Waals surface area contributed by atoms with Gasteiger partial charge < -0.3 is 20.7 Å². The summed E-state index contributed by atoms with van der Waals surface area (Å²) in [6.45, 7) is 3.98. The number of amides is 1. The summed E-state index contributed by atoms with van der Waals surface area (Å²) in [6.07, 6.45) is -0.181. The lowest BCUT2D eigenvalue weighted by Gasteiger charge is -2.18. The molecular formula is C20H24F3IN4O2. The molecule has 0 heterocycles. The molecule has 1 amide bonds. The van der Waals surface area contributed by atoms with Crippen molar-refractivity contribution < 1.29 is 22.7 Å². The molecule has 1 unspecified atom stereocenters. The van der Waals surface area contributed by atoms with Crippen molar-refractivity contribution in [1.82, 2.24) is 10.6 Å². The number of guanidine groups is 1. The van der Waals surface area contributed by atoms with Crippen molar-refractivity contribution in [3.8, 4) is 5.75 Å². The summed E-state index contributed by atoms with van der Waals surface area (Å²) in [4.78, 5) is 15.9. The van der Waals surface area contributed by atoms with E-state index < -0.39 is 29.0 Å². The first kappa shape index (κ1) is 25.5. The van der Waals surface area contributed by atoms with Crippen molar-refractivity contribution in [2.45, 2.75) is 20.0 Å². The molecule has 3 N–H and O–H groups in total. The van der Waals surface area contributed by atoms with Gasteiger partial charge in [0.15, 0.2) is 23.4 Å². The summed E-state index contributed by atoms with van der Waals surface area (Å²) in [5, 5.41) is 7.92. The summed E-state index contributed by atoms with van der Waals surface area (Å²) in [6, 6.07) is 9.32. The number of hydrogen-bond donors (Lipinski definition) is 3. The predicted molar refractivity (Wildman–Crippen MR) is 121 cm³/mol. The maximum atomic E-state index is 13.6. The molecule has 2 aromatic rings. The van der Waals surface area contributed by atoms with Crippen LogP contribution in [0.5, 0.6) is 5.75 Å². The van der Waals surface area contributed by atoms with Gasteiger partial charge in [0.25, 0.3) is 0 Å². The second kappa shape index (κ2) is 12.3. The molecule has 0 aliphatic carbocycles. The van der Waals surface area contributed by atoms with E-state index in [1.54, 1.807) is 0 Å². The van der Waals surface area contributed by atoms with Crippen LogP contribution in [-0.2, 0) is 4.79 Å². The SMILES string of the molecule is CN=C(NCC(=O)Nc1ccc(F)c(F)c1F)NCC(C)Oc1ccccc1C.I. The average Bonchev–Trinajstić information content (AvgIpc) is 2.70. The van der Waals surface area contributed by atoms with Crippen molar-refractivity contribution in [1.29, 1.82) is 0 Å². The van der Waals surface area contributed by atoms with Crippen LogP contribution < -0.4 is 20.7 Å². The Hall–Kier alpha value is -2.50. The second-order valence-corrected chi connectivity index (χ2v) is 6.27. The molecule has 0 bridgehead atoms. The van der Waals surface area contributed by atoms with Crippen molar-refractivity contribution in [3.63, 3.8) is 0 Å². The number of anilines is 1. The number of para-hydroxylation sites is 1. The van der Waals surface area contributed by atoms with Gasteiger partial charge >= 0.3 is 0 Å². The Bertz CT molecular complexity index is 896. The summed E-state index contributed by atoms with van der Waals surface area (Å²) >= 11 is 0. The van der Waals surface area contributed by atoms with Gasteiger partial charge in [0.05, 0.1) is 18.8 Å². The van der Waals surface area contributed by atoms with Crippen LogP contribution in [0.15, 0.2) is 41.4 Å². The number of carbonyl (C=O) groups is 1. The van der Waals surface area contributed by atoms with Gasteiger partial charge in [0, 0.05) is 7.05 Å². The molecule has 0 saturated carbocycles. The number of aliphatic imine (C=N–C) groups is 1. The van der Waals surface area contributed by atoms with Crippen LogP contribution in [0.2, 0.25) is 0 Å². The lowest BCUT2D eigenvalue weighted by atomic mass is 10.2. The number of rotatable bonds is 7. The van der Waals surface area contributed by atoms with Crippen LogP contribution in [0, 0.1) is 24.4 Å². The third-order valence-electron chi connectivity index (χ3n) is 3.93. The minimum Gasteiger partial charge on any atom is -0.489 e. The van der Waals surface area contributed by atoms with Crippen LogP contribution in [0.3, 0.4) is 0 Å². The number of carbonyl (C=O) groups excluding carboxylic acids is 1. The van der Waals surface area contributed by atoms with Crippen molar-refractivity contribution in [2.24, 2.45) is 4.99 Å². The van der Waals surface area contributed by atoms with E-state index in [1.165, 1.54) is 7.05 Å². The minimum absolute atomic E-state index is 0. The van der Waals surface area contributed by atoms with E-state index in [-0.39, 0.29) is 36.6 Å². The first-order valence-electron chi connectivity index (χ1n) is 8.92. The highest BCUT2D eigenvalue weighted by Crippen LogP contribution is 2.19. The Labute approximate surface area is 190 Å². The third kappa shape index (κ3) is 7.39. The molecule has 0 aliphatic rings. The molecular weight excluding hydrogens is 512 g/mol. The van der Waals surface area contributed by atoms with E-state index in [0.29, 0.717) is 12.5 Å². The number of hydrogen-bond acceptors (Lipinski definition) is 3. The number of ether oxygens (including phenoxy) is 1. The van der Waals surface area contributed by atoms with E-state index in [4.69, 9.17) is 4.74 Å². The molecule has 2 aromatic carbocycles. The van der Waals surface area contributed by atoms with Gasteiger partial charge in [0.2, 0.25) is 5.91 Å². The van der Waals surface area contributed by atoms with E-state index in [0.717, 1.165) is 23.4 Å². The number of nitrogens with one attached hydrogen (secondary N) is 3. The fourth-order valence-electron chi connectivity index (χ4n) is 2.39. The van der Waals surface area contributed by atoms with Crippen molar-refractivity contribution >= 4 is 41.5 Å². The Balaban J connectivity index is 0.00000450. The van der Waals surface area contributed by atoms with E-state index in [1.807, 2.05) is 38.1 Å². The summed E-state index contributed by atoms with van der Waals surface area (Å²) in [7, 11) is 1.52. The fourth-order valence-corrected chi connectivity index (χ4v) is 2.39. The standard InChI is InChI=1S/C20H23F3N4O2.HI/c1-12-6-4-5-7-16(12)29-13(2)10-25-20(24-3)26-11-17(28)27-15-9-8-14(21)18(22)19(15)23;/h4-9,13H,10-11H2,1-3H3,(H,27,28)(H2,24,25,26);1H. The van der Waals surface area contributed by atoms with Gasteiger partial charge in [-0.2, -0.15) is 0 Å². The molecule has 30 heavy (non-hydrogen) atoms. The maximum Gasteiger partial charge on any atom is 0.243 e. The molecule has 164 valence electrons. The molecule has 0 spiro atoms. The van der Waals surface area contributed by atoms with Crippen LogP contribution in [0.1, 0.15) is 12.5 Å². The largest absolute Gasteiger partial charge is 0.489 e. The molecule has 0 radical (unpaired) electrons. The molecule has 1 atom stereocenters. The summed E-state index contributed by atoms with van der Waals surface area (Å²) in [5.41, 5.74) is 0.571. The number of benzene rings is 2. The smallest absolute Gasteiger partial charge is 0.243 e. The average molecular weight is 536 g/mol. The first-order chi connectivity index (χ1) is 13.8. The van der Waals surface area contributed by atoms with Gasteiger partial charge in [-0.1, -0.05) is 18.2 Å². The topological polar surface area (TPSA) is 74.8 Å². The molecule has 10 heteroatoms.